The summed E-state index contributed by atoms with van der Waals surface area (Å²) in [6.07, 6.45) is 0.621. The highest BCUT2D eigenvalue weighted by Crippen LogP contribution is 2.32. The van der Waals surface area contributed by atoms with Crippen molar-refractivity contribution in [3.05, 3.63) is 80.6 Å². The summed E-state index contributed by atoms with van der Waals surface area (Å²) in [5.74, 6) is -1.09. The first kappa shape index (κ1) is 22.1. The fraction of sp³-hybridized carbons (Fsp3) is 0.217. The largest absolute Gasteiger partial charge is 0.325 e. The minimum atomic E-state index is -0.928. The lowest BCUT2D eigenvalue weighted by atomic mass is 9.92. The molecule has 0 fully saturated rings. The Morgan fingerprint density at radius 1 is 1.16 bits per heavy atom. The van der Waals surface area contributed by atoms with Crippen molar-refractivity contribution in [1.82, 2.24) is 9.97 Å². The molecule has 7 nitrogen and oxygen atoms in total. The average Bonchev–Trinajstić information content (AvgIpc) is 2.78. The molecule has 0 aliphatic carbocycles. The zero-order valence-electron chi connectivity index (χ0n) is 17.3. The molecule has 0 radical (unpaired) electrons. The number of anilines is 2. The Bertz CT molecular complexity index is 1240. The molecule has 1 aromatic heterocycles. The van der Waals surface area contributed by atoms with E-state index < -0.39 is 17.4 Å². The van der Waals surface area contributed by atoms with Crippen LogP contribution in [0.4, 0.5) is 11.5 Å². The lowest BCUT2D eigenvalue weighted by Crippen LogP contribution is -2.36. The van der Waals surface area contributed by atoms with Crippen LogP contribution in [-0.4, -0.2) is 21.8 Å². The van der Waals surface area contributed by atoms with Crippen molar-refractivity contribution >= 4 is 46.7 Å². The Morgan fingerprint density at radius 3 is 2.62 bits per heavy atom. The quantitative estimate of drug-likeness (QED) is 0.368. The van der Waals surface area contributed by atoms with E-state index in [1.807, 2.05) is 43.3 Å². The number of rotatable bonds is 6. The van der Waals surface area contributed by atoms with Crippen LogP contribution in [-0.2, 0) is 21.8 Å². The topological polar surface area (TPSA) is 104 Å². The Kier molecular flexibility index (Phi) is 6.62. The minimum Gasteiger partial charge on any atom is -0.325 e. The number of amides is 2. The predicted molar refractivity (Wildman–Crippen MR) is 126 cm³/mol. The number of hydrogen-bond donors (Lipinski definition) is 3. The molecule has 0 saturated heterocycles. The van der Waals surface area contributed by atoms with Gasteiger partial charge in [0.1, 0.15) is 5.82 Å². The van der Waals surface area contributed by atoms with Gasteiger partial charge in [0.15, 0.2) is 5.16 Å². The molecule has 3 aromatic rings. The van der Waals surface area contributed by atoms with Gasteiger partial charge in [-0.25, -0.2) is 4.98 Å². The highest BCUT2D eigenvalue weighted by Gasteiger charge is 2.35. The molecule has 0 bridgehead atoms. The van der Waals surface area contributed by atoms with Crippen LogP contribution in [0.1, 0.15) is 36.0 Å². The Hall–Kier alpha value is -3.10. The summed E-state index contributed by atoms with van der Waals surface area (Å²) < 4.78 is 0. The molecule has 32 heavy (non-hydrogen) atoms. The van der Waals surface area contributed by atoms with Crippen LogP contribution in [0, 0.1) is 0 Å². The van der Waals surface area contributed by atoms with Gasteiger partial charge in [0.2, 0.25) is 11.8 Å². The van der Waals surface area contributed by atoms with Crippen molar-refractivity contribution < 1.29 is 9.59 Å². The second-order valence-electron chi connectivity index (χ2n) is 7.32. The Morgan fingerprint density at radius 2 is 1.88 bits per heavy atom. The van der Waals surface area contributed by atoms with Gasteiger partial charge in [-0.1, -0.05) is 66.7 Å². The van der Waals surface area contributed by atoms with E-state index >= 15 is 0 Å². The van der Waals surface area contributed by atoms with Gasteiger partial charge in [0.25, 0.3) is 5.56 Å². The van der Waals surface area contributed by atoms with Crippen LogP contribution in [0.25, 0.3) is 0 Å². The first-order valence-corrected chi connectivity index (χ1v) is 11.5. The van der Waals surface area contributed by atoms with Crippen LogP contribution in [0.3, 0.4) is 0 Å². The van der Waals surface area contributed by atoms with Crippen molar-refractivity contribution in [1.29, 1.82) is 0 Å². The number of nitrogens with one attached hydrogen (secondary N) is 3. The van der Waals surface area contributed by atoms with Crippen molar-refractivity contribution in [2.24, 2.45) is 0 Å². The molecular formula is C23H21ClN4O3S. The highest BCUT2D eigenvalue weighted by molar-refractivity contribution is 7.98. The van der Waals surface area contributed by atoms with Crippen LogP contribution in [0.5, 0.6) is 0 Å². The molecule has 4 rings (SSSR count). The van der Waals surface area contributed by atoms with Gasteiger partial charge in [-0.05, 0) is 29.7 Å². The third-order valence-corrected chi connectivity index (χ3v) is 6.52. The minimum absolute atomic E-state index is 0.121. The fourth-order valence-corrected chi connectivity index (χ4v) is 4.72. The molecule has 2 aromatic carbocycles. The van der Waals surface area contributed by atoms with Crippen LogP contribution < -0.4 is 16.2 Å². The first-order valence-electron chi connectivity index (χ1n) is 10.1. The molecule has 1 unspecified atom stereocenters. The summed E-state index contributed by atoms with van der Waals surface area (Å²) in [4.78, 5) is 45.4. The fourth-order valence-electron chi connectivity index (χ4n) is 3.57. The first-order chi connectivity index (χ1) is 15.5. The van der Waals surface area contributed by atoms with Gasteiger partial charge >= 0.3 is 0 Å². The molecular weight excluding hydrogens is 448 g/mol. The van der Waals surface area contributed by atoms with E-state index in [1.165, 1.54) is 11.8 Å². The summed E-state index contributed by atoms with van der Waals surface area (Å²) >= 11 is 7.48. The smallest absolute Gasteiger partial charge is 0.257 e. The monoisotopic (exact) mass is 468 g/mol. The Balaban J connectivity index is 1.59. The molecule has 9 heteroatoms. The standard InChI is InChI=1S/C23H21ClN4O3S/c1-2-13-7-4-6-10-17(13)25-21(30)15-11-18(29)26-20-19(15)22(31)28-23(27-20)32-12-14-8-3-5-9-16(14)24/h3-10,15H,2,11-12H2,1H3,(H,25,30)(H2,26,27,28,29,31). The van der Waals surface area contributed by atoms with Crippen molar-refractivity contribution in [3.63, 3.8) is 0 Å². The number of carbonyl (C=O) groups excluding carboxylic acids is 2. The number of aromatic amines is 1. The summed E-state index contributed by atoms with van der Waals surface area (Å²) in [5.41, 5.74) is 2.26. The van der Waals surface area contributed by atoms with E-state index in [0.717, 1.165) is 17.5 Å². The summed E-state index contributed by atoms with van der Waals surface area (Å²) in [6.45, 7) is 1.99. The molecule has 1 aliphatic heterocycles. The van der Waals surface area contributed by atoms with Gasteiger partial charge in [-0.3, -0.25) is 14.4 Å². The predicted octanol–water partition coefficient (Wildman–Crippen LogP) is 4.34. The normalized spacial score (nSPS) is 15.1. The summed E-state index contributed by atoms with van der Waals surface area (Å²) in [7, 11) is 0. The van der Waals surface area contributed by atoms with E-state index in [0.29, 0.717) is 21.6 Å². The van der Waals surface area contributed by atoms with Gasteiger partial charge < -0.3 is 15.6 Å². The third-order valence-electron chi connectivity index (χ3n) is 5.22. The number of halogens is 1. The summed E-state index contributed by atoms with van der Waals surface area (Å²) in [6, 6.07) is 14.9. The molecule has 164 valence electrons. The van der Waals surface area contributed by atoms with Crippen molar-refractivity contribution in [2.75, 3.05) is 10.6 Å². The number of aryl methyl sites for hydroxylation is 1. The highest BCUT2D eigenvalue weighted by atomic mass is 35.5. The molecule has 0 saturated carbocycles. The van der Waals surface area contributed by atoms with Crippen molar-refractivity contribution in [2.45, 2.75) is 36.6 Å². The average molecular weight is 469 g/mol. The number of H-pyrrole nitrogens is 1. The molecule has 1 atom stereocenters. The van der Waals surface area contributed by atoms with E-state index in [-0.39, 0.29) is 23.7 Å². The molecule has 2 amide bonds. The number of nitrogens with zero attached hydrogens (tertiary/aromatic N) is 1. The maximum absolute atomic E-state index is 13.0. The molecule has 2 heterocycles. The number of benzene rings is 2. The lowest BCUT2D eigenvalue weighted by molar-refractivity contribution is -0.123. The number of hydrogen-bond acceptors (Lipinski definition) is 5. The maximum Gasteiger partial charge on any atom is 0.257 e. The van der Waals surface area contributed by atoms with Gasteiger partial charge in [-0.2, -0.15) is 0 Å². The summed E-state index contributed by atoms with van der Waals surface area (Å²) in [5, 5.41) is 6.46. The molecule has 3 N–H and O–H groups in total. The number of thioether (sulfide) groups is 1. The SMILES string of the molecule is CCc1ccccc1NC(=O)C1CC(=O)Nc2nc(SCc3ccccc3Cl)[nH]c(=O)c21. The number of aromatic nitrogens is 2. The van der Waals surface area contributed by atoms with Gasteiger partial charge in [0.05, 0.1) is 11.5 Å². The van der Waals surface area contributed by atoms with E-state index in [4.69, 9.17) is 11.6 Å². The molecule has 0 spiro atoms. The zero-order valence-corrected chi connectivity index (χ0v) is 18.8. The van der Waals surface area contributed by atoms with Crippen LogP contribution in [0.2, 0.25) is 5.02 Å². The van der Waals surface area contributed by atoms with E-state index in [9.17, 15) is 14.4 Å². The van der Waals surface area contributed by atoms with Gasteiger partial charge in [-0.15, -0.1) is 0 Å². The number of fused-ring (bicyclic) bond motifs is 1. The van der Waals surface area contributed by atoms with Crippen LogP contribution >= 0.6 is 23.4 Å². The van der Waals surface area contributed by atoms with E-state index in [1.54, 1.807) is 12.1 Å². The van der Waals surface area contributed by atoms with Gasteiger partial charge in [0, 0.05) is 22.9 Å². The second-order valence-corrected chi connectivity index (χ2v) is 8.69. The maximum atomic E-state index is 13.0. The van der Waals surface area contributed by atoms with Crippen molar-refractivity contribution in [3.8, 4) is 0 Å². The Labute approximate surface area is 194 Å². The number of carbonyl (C=O) groups is 2. The van der Waals surface area contributed by atoms with E-state index in [2.05, 4.69) is 20.6 Å². The third kappa shape index (κ3) is 4.71. The second kappa shape index (κ2) is 9.58. The lowest BCUT2D eigenvalue weighted by Gasteiger charge is -2.24. The number of para-hydroxylation sites is 1. The van der Waals surface area contributed by atoms with Crippen LogP contribution in [0.15, 0.2) is 58.5 Å². The zero-order chi connectivity index (χ0) is 22.7. The molecule has 1 aliphatic rings.